The highest BCUT2D eigenvalue weighted by atomic mass is 35.5. The molecule has 1 heterocycles. The van der Waals surface area contributed by atoms with Crippen LogP contribution in [0, 0.1) is 0 Å². The molecule has 0 aliphatic rings. The van der Waals surface area contributed by atoms with Gasteiger partial charge in [-0.15, -0.1) is 0 Å². The van der Waals surface area contributed by atoms with E-state index in [0.717, 1.165) is 5.56 Å². The van der Waals surface area contributed by atoms with Crippen molar-refractivity contribution in [2.24, 2.45) is 0 Å². The van der Waals surface area contributed by atoms with Crippen LogP contribution in [0.4, 0.5) is 5.69 Å². The van der Waals surface area contributed by atoms with Crippen LogP contribution in [-0.2, 0) is 11.3 Å². The zero-order chi connectivity index (χ0) is 13.0. The van der Waals surface area contributed by atoms with E-state index < -0.39 is 0 Å². The second kappa shape index (κ2) is 5.66. The maximum Gasteiger partial charge on any atom is 0.257 e. The number of H-pyrrole nitrogens is 1. The number of rotatable bonds is 4. The fourth-order valence-corrected chi connectivity index (χ4v) is 1.89. The van der Waals surface area contributed by atoms with E-state index in [9.17, 15) is 4.79 Å². The Balaban J connectivity index is 2.28. The van der Waals surface area contributed by atoms with Crippen molar-refractivity contribution in [1.82, 2.24) is 10.2 Å². The molecule has 0 unspecified atom stereocenters. The third-order valence-electron chi connectivity index (χ3n) is 2.38. The molecule has 0 radical (unpaired) electrons. The SMILES string of the molecule is COCc1cccc(Cl)c1C(=O)Nc1cn[nH]c1. The van der Waals surface area contributed by atoms with E-state index in [2.05, 4.69) is 15.5 Å². The number of benzene rings is 1. The van der Waals surface area contributed by atoms with E-state index in [1.165, 1.54) is 6.20 Å². The van der Waals surface area contributed by atoms with Gasteiger partial charge in [0.15, 0.2) is 0 Å². The van der Waals surface area contributed by atoms with Gasteiger partial charge >= 0.3 is 0 Å². The standard InChI is InChI=1S/C12H12ClN3O2/c1-18-7-8-3-2-4-10(13)11(8)12(17)16-9-5-14-15-6-9/h2-6H,7H2,1H3,(H,14,15)(H,16,17). The second-order valence-corrected chi connectivity index (χ2v) is 4.06. The molecular weight excluding hydrogens is 254 g/mol. The van der Waals surface area contributed by atoms with Gasteiger partial charge in [0, 0.05) is 13.3 Å². The van der Waals surface area contributed by atoms with Crippen LogP contribution in [0.5, 0.6) is 0 Å². The molecule has 0 aliphatic carbocycles. The van der Waals surface area contributed by atoms with E-state index >= 15 is 0 Å². The van der Waals surface area contributed by atoms with Gasteiger partial charge in [-0.25, -0.2) is 0 Å². The Labute approximate surface area is 109 Å². The van der Waals surface area contributed by atoms with E-state index in [1.807, 2.05) is 0 Å². The van der Waals surface area contributed by atoms with Gasteiger partial charge in [-0.1, -0.05) is 23.7 Å². The summed E-state index contributed by atoms with van der Waals surface area (Å²) in [7, 11) is 1.57. The number of halogens is 1. The predicted molar refractivity (Wildman–Crippen MR) is 68.7 cm³/mol. The molecular formula is C12H12ClN3O2. The first-order valence-corrected chi connectivity index (χ1v) is 5.66. The number of aromatic nitrogens is 2. The summed E-state index contributed by atoms with van der Waals surface area (Å²) in [4.78, 5) is 12.1. The van der Waals surface area contributed by atoms with Gasteiger partial charge in [0.25, 0.3) is 5.91 Å². The van der Waals surface area contributed by atoms with Crippen LogP contribution in [-0.4, -0.2) is 23.2 Å². The normalized spacial score (nSPS) is 10.3. The van der Waals surface area contributed by atoms with Gasteiger partial charge < -0.3 is 10.1 Å². The summed E-state index contributed by atoms with van der Waals surface area (Å²) in [6.45, 7) is 0.328. The van der Waals surface area contributed by atoms with Crippen molar-refractivity contribution in [2.45, 2.75) is 6.61 Å². The monoisotopic (exact) mass is 265 g/mol. The van der Waals surface area contributed by atoms with E-state index in [0.29, 0.717) is 22.9 Å². The lowest BCUT2D eigenvalue weighted by molar-refractivity contribution is 0.102. The number of nitrogens with one attached hydrogen (secondary N) is 2. The van der Waals surface area contributed by atoms with Crippen LogP contribution in [0.25, 0.3) is 0 Å². The average Bonchev–Trinajstić information content (AvgIpc) is 2.82. The maximum absolute atomic E-state index is 12.1. The summed E-state index contributed by atoms with van der Waals surface area (Å²) in [6.07, 6.45) is 3.11. The fraction of sp³-hybridized carbons (Fsp3) is 0.167. The first-order valence-electron chi connectivity index (χ1n) is 5.29. The van der Waals surface area contributed by atoms with Gasteiger partial charge in [-0.2, -0.15) is 5.10 Å². The van der Waals surface area contributed by atoms with Crippen molar-refractivity contribution < 1.29 is 9.53 Å². The molecule has 0 atom stereocenters. The molecule has 2 N–H and O–H groups in total. The van der Waals surface area contributed by atoms with Gasteiger partial charge in [0.2, 0.25) is 0 Å². The number of carbonyl (C=O) groups excluding carboxylic acids is 1. The third-order valence-corrected chi connectivity index (χ3v) is 2.70. The Kier molecular flexibility index (Phi) is 3.96. The Bertz CT molecular complexity index is 540. The molecule has 0 fully saturated rings. The summed E-state index contributed by atoms with van der Waals surface area (Å²) in [6, 6.07) is 5.26. The van der Waals surface area contributed by atoms with Crippen molar-refractivity contribution in [2.75, 3.05) is 12.4 Å². The number of aromatic amines is 1. The van der Waals surface area contributed by atoms with Crippen LogP contribution >= 0.6 is 11.6 Å². The molecule has 0 bridgehead atoms. The number of amides is 1. The predicted octanol–water partition coefficient (Wildman–Crippen LogP) is 2.46. The zero-order valence-corrected chi connectivity index (χ0v) is 10.5. The quantitative estimate of drug-likeness (QED) is 0.892. The van der Waals surface area contributed by atoms with Crippen LogP contribution in [0.15, 0.2) is 30.6 Å². The number of methoxy groups -OCH3 is 1. The molecule has 0 spiro atoms. The summed E-state index contributed by atoms with van der Waals surface area (Å²) in [5, 5.41) is 9.47. The molecule has 0 aliphatic heterocycles. The molecule has 1 amide bonds. The molecule has 94 valence electrons. The summed E-state index contributed by atoms with van der Waals surface area (Å²) in [5.41, 5.74) is 1.75. The van der Waals surface area contributed by atoms with Gasteiger partial charge in [0.1, 0.15) is 0 Å². The first kappa shape index (κ1) is 12.6. The zero-order valence-electron chi connectivity index (χ0n) is 9.74. The minimum absolute atomic E-state index is 0.283. The molecule has 5 nitrogen and oxygen atoms in total. The Morgan fingerprint density at radius 2 is 2.39 bits per heavy atom. The maximum atomic E-state index is 12.1. The summed E-state index contributed by atoms with van der Waals surface area (Å²) < 4.78 is 5.05. The second-order valence-electron chi connectivity index (χ2n) is 3.65. The molecule has 1 aromatic carbocycles. The largest absolute Gasteiger partial charge is 0.380 e. The smallest absolute Gasteiger partial charge is 0.257 e. The average molecular weight is 266 g/mol. The van der Waals surface area contributed by atoms with Crippen molar-refractivity contribution >= 4 is 23.2 Å². The number of nitrogens with zero attached hydrogens (tertiary/aromatic N) is 1. The number of ether oxygens (including phenoxy) is 1. The highest BCUT2D eigenvalue weighted by Crippen LogP contribution is 2.22. The number of hydrogen-bond donors (Lipinski definition) is 2. The fourth-order valence-electron chi connectivity index (χ4n) is 1.61. The van der Waals surface area contributed by atoms with E-state index in [1.54, 1.807) is 31.5 Å². The van der Waals surface area contributed by atoms with Gasteiger partial charge in [-0.3, -0.25) is 9.89 Å². The Morgan fingerprint density at radius 1 is 1.56 bits per heavy atom. The lowest BCUT2D eigenvalue weighted by atomic mass is 10.1. The Hall–Kier alpha value is -1.85. The molecule has 0 saturated heterocycles. The summed E-state index contributed by atoms with van der Waals surface area (Å²) in [5.74, 6) is -0.283. The van der Waals surface area contributed by atoms with Crippen molar-refractivity contribution in [3.8, 4) is 0 Å². The lowest BCUT2D eigenvalue weighted by Gasteiger charge is -2.10. The molecule has 18 heavy (non-hydrogen) atoms. The molecule has 0 saturated carbocycles. The number of anilines is 1. The summed E-state index contributed by atoms with van der Waals surface area (Å²) >= 11 is 6.06. The van der Waals surface area contributed by atoms with Gasteiger partial charge in [-0.05, 0) is 11.6 Å². The molecule has 2 aromatic rings. The highest BCUT2D eigenvalue weighted by molar-refractivity contribution is 6.34. The Morgan fingerprint density at radius 3 is 3.06 bits per heavy atom. The van der Waals surface area contributed by atoms with Crippen LogP contribution < -0.4 is 5.32 Å². The van der Waals surface area contributed by atoms with Crippen molar-refractivity contribution in [3.05, 3.63) is 46.7 Å². The van der Waals surface area contributed by atoms with Crippen LogP contribution in [0.2, 0.25) is 5.02 Å². The first-order chi connectivity index (χ1) is 8.72. The molecule has 1 aromatic heterocycles. The van der Waals surface area contributed by atoms with Crippen molar-refractivity contribution in [3.63, 3.8) is 0 Å². The van der Waals surface area contributed by atoms with E-state index in [-0.39, 0.29) is 5.91 Å². The van der Waals surface area contributed by atoms with Crippen LogP contribution in [0.3, 0.4) is 0 Å². The van der Waals surface area contributed by atoms with E-state index in [4.69, 9.17) is 16.3 Å². The number of hydrogen-bond acceptors (Lipinski definition) is 3. The molecule has 6 heteroatoms. The lowest BCUT2D eigenvalue weighted by Crippen LogP contribution is -2.15. The minimum atomic E-state index is -0.283. The van der Waals surface area contributed by atoms with Crippen LogP contribution in [0.1, 0.15) is 15.9 Å². The highest BCUT2D eigenvalue weighted by Gasteiger charge is 2.15. The minimum Gasteiger partial charge on any atom is -0.380 e. The molecule has 2 rings (SSSR count). The third kappa shape index (κ3) is 2.69. The van der Waals surface area contributed by atoms with Crippen molar-refractivity contribution in [1.29, 1.82) is 0 Å². The topological polar surface area (TPSA) is 67.0 Å². The number of carbonyl (C=O) groups is 1. The van der Waals surface area contributed by atoms with Gasteiger partial charge in [0.05, 0.1) is 29.1 Å².